The number of likely N-dealkylation sites (tertiary alicyclic amines) is 1. The third kappa shape index (κ3) is 4.46. The van der Waals surface area contributed by atoms with E-state index in [1.165, 1.54) is 6.20 Å². The number of alkyl halides is 2. The predicted molar refractivity (Wildman–Crippen MR) is 106 cm³/mol. The summed E-state index contributed by atoms with van der Waals surface area (Å²) in [6.45, 7) is 0.305. The number of benzene rings is 1. The predicted octanol–water partition coefficient (Wildman–Crippen LogP) is 2.94. The Balaban J connectivity index is 1.70. The molecule has 0 bridgehead atoms. The molecule has 1 fully saturated rings. The van der Waals surface area contributed by atoms with E-state index in [1.807, 2.05) is 36.4 Å². The Hall–Kier alpha value is -3.34. The number of carbonyl (C=O) groups excluding carboxylic acids is 2. The number of rotatable bonds is 6. The summed E-state index contributed by atoms with van der Waals surface area (Å²) in [6.07, 6.45) is 2.94. The van der Waals surface area contributed by atoms with Gasteiger partial charge < -0.3 is 10.2 Å². The molecule has 8 heteroatoms. The minimum Gasteiger partial charge on any atom is -0.343 e. The van der Waals surface area contributed by atoms with E-state index in [1.54, 1.807) is 19.2 Å². The van der Waals surface area contributed by atoms with Crippen LogP contribution in [0.15, 0.2) is 48.8 Å². The first-order valence-corrected chi connectivity index (χ1v) is 9.65. The molecule has 0 aliphatic carbocycles. The molecule has 1 aliphatic heterocycles. The molecule has 3 rings (SSSR count). The number of aromatic nitrogens is 1. The number of carbonyl (C=O) groups is 2. The zero-order valence-corrected chi connectivity index (χ0v) is 16.6. The summed E-state index contributed by atoms with van der Waals surface area (Å²) in [5.74, 6) is -4.33. The van der Waals surface area contributed by atoms with Gasteiger partial charge in [-0.15, -0.1) is 0 Å². The van der Waals surface area contributed by atoms with Crippen molar-refractivity contribution in [1.82, 2.24) is 15.2 Å². The van der Waals surface area contributed by atoms with Gasteiger partial charge in [0.25, 0.3) is 11.8 Å². The number of hydrogen-bond donors (Lipinski definition) is 1. The second kappa shape index (κ2) is 8.57. The topological polar surface area (TPSA) is 86.1 Å². The van der Waals surface area contributed by atoms with Crippen molar-refractivity contribution in [2.75, 3.05) is 13.1 Å². The Labute approximate surface area is 173 Å². The van der Waals surface area contributed by atoms with Crippen LogP contribution < -0.4 is 5.32 Å². The summed E-state index contributed by atoms with van der Waals surface area (Å²) in [7, 11) is 0. The quantitative estimate of drug-likeness (QED) is 0.791. The normalized spacial score (nSPS) is 19.9. The van der Waals surface area contributed by atoms with E-state index >= 15 is 0 Å². The number of halogens is 2. The van der Waals surface area contributed by atoms with Gasteiger partial charge in [0.05, 0.1) is 19.2 Å². The minimum atomic E-state index is -3.13. The van der Waals surface area contributed by atoms with E-state index in [2.05, 4.69) is 10.3 Å². The van der Waals surface area contributed by atoms with Crippen molar-refractivity contribution in [2.45, 2.75) is 37.6 Å². The summed E-state index contributed by atoms with van der Waals surface area (Å²) in [5, 5.41) is 11.9. The van der Waals surface area contributed by atoms with Crippen LogP contribution in [0.2, 0.25) is 0 Å². The molecule has 0 unspecified atom stereocenters. The first-order valence-electron chi connectivity index (χ1n) is 9.65. The molecule has 1 aliphatic rings. The largest absolute Gasteiger partial charge is 0.343 e. The fourth-order valence-electron chi connectivity index (χ4n) is 3.74. The lowest BCUT2D eigenvalue weighted by atomic mass is 9.94. The fourth-order valence-corrected chi connectivity index (χ4v) is 3.74. The van der Waals surface area contributed by atoms with Gasteiger partial charge in [-0.2, -0.15) is 5.26 Å². The van der Waals surface area contributed by atoms with Gasteiger partial charge in [-0.05, 0) is 30.0 Å². The fraction of sp³-hybridized carbons (Fsp3) is 0.364. The van der Waals surface area contributed by atoms with Crippen LogP contribution in [0.1, 0.15) is 41.3 Å². The smallest absolute Gasteiger partial charge is 0.268 e. The molecule has 2 amide bonds. The molecule has 1 saturated heterocycles. The lowest BCUT2D eigenvalue weighted by Gasteiger charge is -2.30. The Morgan fingerprint density at radius 3 is 2.67 bits per heavy atom. The highest BCUT2D eigenvalue weighted by Crippen LogP contribution is 2.41. The Bertz CT molecular complexity index is 975. The number of nitriles is 1. The van der Waals surface area contributed by atoms with E-state index in [0.717, 1.165) is 10.5 Å². The van der Waals surface area contributed by atoms with Crippen LogP contribution in [0.5, 0.6) is 0 Å². The van der Waals surface area contributed by atoms with E-state index in [4.69, 9.17) is 0 Å². The maximum absolute atomic E-state index is 13.9. The molecule has 1 aromatic carbocycles. The van der Waals surface area contributed by atoms with Crippen molar-refractivity contribution in [3.8, 4) is 6.07 Å². The van der Waals surface area contributed by atoms with Crippen molar-refractivity contribution in [3.05, 3.63) is 65.5 Å². The number of hydrogen-bond acceptors (Lipinski definition) is 4. The van der Waals surface area contributed by atoms with Crippen LogP contribution >= 0.6 is 0 Å². The molecule has 0 radical (unpaired) electrons. The van der Waals surface area contributed by atoms with Gasteiger partial charge in [0.1, 0.15) is 5.54 Å². The van der Waals surface area contributed by atoms with Crippen LogP contribution in [0, 0.1) is 11.3 Å². The van der Waals surface area contributed by atoms with Crippen LogP contribution in [-0.4, -0.2) is 46.2 Å². The Kier molecular flexibility index (Phi) is 6.11. The molecule has 2 heterocycles. The summed E-state index contributed by atoms with van der Waals surface area (Å²) >= 11 is 0. The summed E-state index contributed by atoms with van der Waals surface area (Å²) in [5.41, 5.74) is 0.480. The molecule has 1 N–H and O–H groups in total. The molecule has 1 aromatic heterocycles. The summed E-state index contributed by atoms with van der Waals surface area (Å²) in [4.78, 5) is 30.2. The van der Waals surface area contributed by atoms with Crippen molar-refractivity contribution < 1.29 is 18.4 Å². The van der Waals surface area contributed by atoms with Gasteiger partial charge in [0.2, 0.25) is 5.91 Å². The first kappa shape index (κ1) is 21.4. The standard InChI is InChI=1S/C22H22F2N4O2/c1-2-21(14-25)13-22(23,24)15-28(21)19(29)12-27-20(30)18-8-9-26-11-17(18)10-16-6-4-3-5-7-16/h3-9,11H,2,10,12-13,15H2,1H3,(H,27,30)/t21-/m0/s1. The number of amides is 2. The minimum absolute atomic E-state index is 0.0877. The molecule has 30 heavy (non-hydrogen) atoms. The molecule has 2 aromatic rings. The van der Waals surface area contributed by atoms with E-state index in [0.29, 0.717) is 17.5 Å². The molecular formula is C22H22F2N4O2. The van der Waals surface area contributed by atoms with E-state index < -0.39 is 42.8 Å². The van der Waals surface area contributed by atoms with Crippen molar-refractivity contribution in [2.24, 2.45) is 0 Å². The molecule has 1 atom stereocenters. The van der Waals surface area contributed by atoms with E-state index in [-0.39, 0.29) is 6.42 Å². The third-order valence-corrected chi connectivity index (χ3v) is 5.34. The highest BCUT2D eigenvalue weighted by molar-refractivity contribution is 5.97. The highest BCUT2D eigenvalue weighted by Gasteiger charge is 2.56. The average molecular weight is 412 g/mol. The second-order valence-electron chi connectivity index (χ2n) is 7.39. The summed E-state index contributed by atoms with van der Waals surface area (Å²) in [6, 6.07) is 13.0. The molecule has 6 nitrogen and oxygen atoms in total. The lowest BCUT2D eigenvalue weighted by molar-refractivity contribution is -0.133. The monoisotopic (exact) mass is 412 g/mol. The molecule has 156 valence electrons. The average Bonchev–Trinajstić information content (AvgIpc) is 3.04. The van der Waals surface area contributed by atoms with E-state index in [9.17, 15) is 23.6 Å². The Morgan fingerprint density at radius 1 is 1.27 bits per heavy atom. The molecule has 0 saturated carbocycles. The zero-order valence-electron chi connectivity index (χ0n) is 16.6. The van der Waals surface area contributed by atoms with Gasteiger partial charge in [-0.1, -0.05) is 37.3 Å². The van der Waals surface area contributed by atoms with Crippen LogP contribution in [0.4, 0.5) is 8.78 Å². The van der Waals surface area contributed by atoms with Gasteiger partial charge in [0.15, 0.2) is 0 Å². The van der Waals surface area contributed by atoms with Gasteiger partial charge >= 0.3 is 0 Å². The summed E-state index contributed by atoms with van der Waals surface area (Å²) < 4.78 is 27.8. The lowest BCUT2D eigenvalue weighted by Crippen LogP contribution is -2.49. The van der Waals surface area contributed by atoms with Crippen LogP contribution in [-0.2, 0) is 11.2 Å². The highest BCUT2D eigenvalue weighted by atomic mass is 19.3. The second-order valence-corrected chi connectivity index (χ2v) is 7.39. The maximum Gasteiger partial charge on any atom is 0.268 e. The Morgan fingerprint density at radius 2 is 2.00 bits per heavy atom. The van der Waals surface area contributed by atoms with Crippen molar-refractivity contribution in [3.63, 3.8) is 0 Å². The number of nitrogens with one attached hydrogen (secondary N) is 1. The van der Waals surface area contributed by atoms with Crippen molar-refractivity contribution >= 4 is 11.8 Å². The molecular weight excluding hydrogens is 390 g/mol. The van der Waals surface area contributed by atoms with Crippen LogP contribution in [0.3, 0.4) is 0 Å². The number of nitrogens with zero attached hydrogens (tertiary/aromatic N) is 3. The zero-order chi connectivity index (χ0) is 21.8. The molecule has 0 spiro atoms. The SMILES string of the molecule is CC[C@@]1(C#N)CC(F)(F)CN1C(=O)CNC(=O)c1ccncc1Cc1ccccc1. The van der Waals surface area contributed by atoms with Crippen molar-refractivity contribution in [1.29, 1.82) is 5.26 Å². The van der Waals surface area contributed by atoms with Gasteiger partial charge in [-0.3, -0.25) is 14.6 Å². The third-order valence-electron chi connectivity index (χ3n) is 5.34. The van der Waals surface area contributed by atoms with Gasteiger partial charge in [0, 0.05) is 24.4 Å². The number of pyridine rings is 1. The maximum atomic E-state index is 13.9. The van der Waals surface area contributed by atoms with Crippen LogP contribution in [0.25, 0.3) is 0 Å². The van der Waals surface area contributed by atoms with Gasteiger partial charge in [-0.25, -0.2) is 8.78 Å². The first-order chi connectivity index (χ1) is 14.3.